The first-order valence-corrected chi connectivity index (χ1v) is 9.12. The van der Waals surface area contributed by atoms with Crippen LogP contribution in [-0.4, -0.2) is 28.0 Å². The third-order valence-corrected chi connectivity index (χ3v) is 5.01. The predicted octanol–water partition coefficient (Wildman–Crippen LogP) is 4.65. The van der Waals surface area contributed by atoms with Gasteiger partial charge in [-0.2, -0.15) is 0 Å². The van der Waals surface area contributed by atoms with Crippen molar-refractivity contribution in [3.05, 3.63) is 46.3 Å². The highest BCUT2D eigenvalue weighted by atomic mass is 35.5. The molecule has 1 amide bonds. The molecule has 5 nitrogen and oxygen atoms in total. The fourth-order valence-corrected chi connectivity index (χ4v) is 3.67. The van der Waals surface area contributed by atoms with Gasteiger partial charge >= 0.3 is 0 Å². The van der Waals surface area contributed by atoms with Gasteiger partial charge in [0.2, 0.25) is 0 Å². The topological polar surface area (TPSA) is 58.4 Å². The molecule has 1 aromatic heterocycles. The van der Waals surface area contributed by atoms with Crippen LogP contribution in [-0.2, 0) is 6.54 Å². The lowest BCUT2D eigenvalue weighted by molar-refractivity contribution is 0.0512. The summed E-state index contributed by atoms with van der Waals surface area (Å²) in [6.45, 7) is 6.57. The number of carbonyl (C=O) groups is 1. The average molecular weight is 362 g/mol. The highest BCUT2D eigenvalue weighted by molar-refractivity contribution is 6.31. The molecule has 1 fully saturated rings. The smallest absolute Gasteiger partial charge is 0.256 e. The van der Waals surface area contributed by atoms with E-state index in [0.717, 1.165) is 36.4 Å². The molecule has 2 heterocycles. The fraction of sp³-hybridized carbons (Fsp3) is 0.474. The lowest BCUT2D eigenvalue weighted by Crippen LogP contribution is -2.47. The molecule has 0 spiro atoms. The molecule has 2 aromatic rings. The average Bonchev–Trinajstić information content (AvgIpc) is 2.99. The van der Waals surface area contributed by atoms with Gasteiger partial charge in [0.05, 0.1) is 12.1 Å². The Morgan fingerprint density at radius 2 is 2.04 bits per heavy atom. The number of nitrogens with zero attached hydrogens (tertiary/aromatic N) is 2. The minimum atomic E-state index is 0.0287. The molecule has 25 heavy (non-hydrogen) atoms. The van der Waals surface area contributed by atoms with Crippen LogP contribution in [0.3, 0.4) is 0 Å². The van der Waals surface area contributed by atoms with Crippen molar-refractivity contribution in [2.45, 2.75) is 58.7 Å². The molecular weight excluding hydrogens is 338 g/mol. The minimum Gasteiger partial charge on any atom is -0.379 e. The van der Waals surface area contributed by atoms with Crippen LogP contribution in [0.2, 0.25) is 5.02 Å². The summed E-state index contributed by atoms with van der Waals surface area (Å²) < 4.78 is 5.09. The van der Waals surface area contributed by atoms with Crippen molar-refractivity contribution >= 4 is 23.2 Å². The molecule has 1 saturated heterocycles. The number of hydrogen-bond donors (Lipinski definition) is 1. The predicted molar refractivity (Wildman–Crippen MR) is 99.0 cm³/mol. The normalized spacial score (nSPS) is 20.6. The molecule has 0 bridgehead atoms. The number of aryl methyl sites for hydroxylation is 1. The van der Waals surface area contributed by atoms with Gasteiger partial charge in [0, 0.05) is 28.9 Å². The van der Waals surface area contributed by atoms with Crippen molar-refractivity contribution in [3.8, 4) is 0 Å². The van der Waals surface area contributed by atoms with E-state index in [-0.39, 0.29) is 18.0 Å². The Balaban J connectivity index is 1.84. The first-order valence-electron chi connectivity index (χ1n) is 8.74. The van der Waals surface area contributed by atoms with Crippen LogP contribution in [0, 0.1) is 6.92 Å². The number of halogens is 1. The molecule has 2 atom stereocenters. The zero-order valence-electron chi connectivity index (χ0n) is 14.9. The summed E-state index contributed by atoms with van der Waals surface area (Å²) in [6.07, 6.45) is 3.24. The zero-order valence-corrected chi connectivity index (χ0v) is 15.6. The van der Waals surface area contributed by atoms with Crippen molar-refractivity contribution < 1.29 is 9.32 Å². The number of anilines is 1. The maximum atomic E-state index is 13.2. The Bertz CT molecular complexity index is 749. The third-order valence-electron chi connectivity index (χ3n) is 4.78. The van der Waals surface area contributed by atoms with Gasteiger partial charge in [-0.25, -0.2) is 0 Å². The second kappa shape index (κ2) is 7.48. The Labute approximate surface area is 153 Å². The van der Waals surface area contributed by atoms with Crippen LogP contribution in [0.4, 0.5) is 5.69 Å². The van der Waals surface area contributed by atoms with E-state index in [1.54, 1.807) is 12.1 Å². The van der Waals surface area contributed by atoms with E-state index in [1.165, 1.54) is 0 Å². The highest BCUT2D eigenvalue weighted by Crippen LogP contribution is 2.29. The van der Waals surface area contributed by atoms with E-state index in [4.69, 9.17) is 16.1 Å². The molecular formula is C19H24ClN3O2. The van der Waals surface area contributed by atoms with Gasteiger partial charge in [-0.05, 0) is 58.2 Å². The number of benzene rings is 1. The van der Waals surface area contributed by atoms with E-state index in [9.17, 15) is 4.79 Å². The van der Waals surface area contributed by atoms with Crippen molar-refractivity contribution in [3.63, 3.8) is 0 Å². The summed E-state index contributed by atoms with van der Waals surface area (Å²) in [5.74, 6) is 0.793. The monoisotopic (exact) mass is 361 g/mol. The second-order valence-corrected chi connectivity index (χ2v) is 7.25. The fourth-order valence-electron chi connectivity index (χ4n) is 3.50. The van der Waals surface area contributed by atoms with Crippen molar-refractivity contribution in [1.29, 1.82) is 0 Å². The molecule has 1 aromatic carbocycles. The van der Waals surface area contributed by atoms with Gasteiger partial charge in [0.15, 0.2) is 0 Å². The minimum absolute atomic E-state index is 0.0287. The number of aromatic nitrogens is 1. The van der Waals surface area contributed by atoms with Crippen LogP contribution < -0.4 is 5.32 Å². The number of carbonyl (C=O) groups excluding carboxylic acids is 1. The highest BCUT2D eigenvalue weighted by Gasteiger charge is 2.30. The van der Waals surface area contributed by atoms with Crippen molar-refractivity contribution in [2.75, 3.05) is 5.32 Å². The molecule has 6 heteroatoms. The number of rotatable bonds is 4. The van der Waals surface area contributed by atoms with Crippen molar-refractivity contribution in [2.24, 2.45) is 0 Å². The molecule has 0 unspecified atom stereocenters. The lowest BCUT2D eigenvalue weighted by Gasteiger charge is -2.39. The maximum absolute atomic E-state index is 13.2. The standard InChI is InChI=1S/C19H24ClN3O2/c1-12-5-4-6-13(2)23(12)19(24)17-10-15(20)7-8-18(17)21-11-16-9-14(3)25-22-16/h7-10,12-13,21H,4-6,11H2,1-3H3/t12-,13-/m1/s1. The van der Waals surface area contributed by atoms with Gasteiger partial charge in [-0.15, -0.1) is 0 Å². The molecule has 0 saturated carbocycles. The molecule has 3 rings (SSSR count). The Hall–Kier alpha value is -2.01. The quantitative estimate of drug-likeness (QED) is 0.861. The van der Waals surface area contributed by atoms with E-state index >= 15 is 0 Å². The van der Waals surface area contributed by atoms with E-state index in [1.807, 2.05) is 24.0 Å². The maximum Gasteiger partial charge on any atom is 0.256 e. The van der Waals surface area contributed by atoms with Crippen LogP contribution in [0.25, 0.3) is 0 Å². The van der Waals surface area contributed by atoms with Gasteiger partial charge in [-0.1, -0.05) is 16.8 Å². The number of piperidine rings is 1. The number of nitrogens with one attached hydrogen (secondary N) is 1. The van der Waals surface area contributed by atoms with Crippen LogP contribution in [0.5, 0.6) is 0 Å². The molecule has 0 radical (unpaired) electrons. The van der Waals surface area contributed by atoms with E-state index in [2.05, 4.69) is 24.3 Å². The summed E-state index contributed by atoms with van der Waals surface area (Å²) in [7, 11) is 0. The second-order valence-electron chi connectivity index (χ2n) is 6.81. The zero-order chi connectivity index (χ0) is 18.0. The summed E-state index contributed by atoms with van der Waals surface area (Å²) in [5, 5.41) is 7.83. The number of amides is 1. The molecule has 1 aliphatic heterocycles. The Kier molecular flexibility index (Phi) is 5.33. The van der Waals surface area contributed by atoms with Gasteiger partial charge in [-0.3, -0.25) is 4.79 Å². The van der Waals surface area contributed by atoms with Gasteiger partial charge in [0.1, 0.15) is 11.5 Å². The molecule has 1 N–H and O–H groups in total. The Morgan fingerprint density at radius 1 is 1.32 bits per heavy atom. The SMILES string of the molecule is Cc1cc(CNc2ccc(Cl)cc2C(=O)N2[C@H](C)CCC[C@H]2C)no1. The van der Waals surface area contributed by atoms with Crippen LogP contribution >= 0.6 is 11.6 Å². The Morgan fingerprint density at radius 3 is 2.68 bits per heavy atom. The third kappa shape index (κ3) is 3.98. The summed E-state index contributed by atoms with van der Waals surface area (Å²) in [6, 6.07) is 7.73. The van der Waals surface area contributed by atoms with Gasteiger partial charge < -0.3 is 14.7 Å². The summed E-state index contributed by atoms with van der Waals surface area (Å²) >= 11 is 6.17. The number of hydrogen-bond acceptors (Lipinski definition) is 4. The largest absolute Gasteiger partial charge is 0.379 e. The molecule has 0 aliphatic carbocycles. The van der Waals surface area contributed by atoms with Crippen molar-refractivity contribution in [1.82, 2.24) is 10.1 Å². The van der Waals surface area contributed by atoms with E-state index < -0.39 is 0 Å². The summed E-state index contributed by atoms with van der Waals surface area (Å²) in [5.41, 5.74) is 2.17. The summed E-state index contributed by atoms with van der Waals surface area (Å²) in [4.78, 5) is 15.2. The van der Waals surface area contributed by atoms with E-state index in [0.29, 0.717) is 17.1 Å². The van der Waals surface area contributed by atoms with Crippen LogP contribution in [0.15, 0.2) is 28.8 Å². The van der Waals surface area contributed by atoms with Gasteiger partial charge in [0.25, 0.3) is 5.91 Å². The lowest BCUT2D eigenvalue weighted by atomic mass is 9.96. The number of likely N-dealkylation sites (tertiary alicyclic amines) is 1. The first kappa shape index (κ1) is 17.8. The molecule has 1 aliphatic rings. The van der Waals surface area contributed by atoms with Crippen LogP contribution in [0.1, 0.15) is 54.9 Å². The molecule has 134 valence electrons. The first-order chi connectivity index (χ1) is 12.0.